The van der Waals surface area contributed by atoms with E-state index < -0.39 is 0 Å². The number of carbonyl (C=O) groups is 1. The van der Waals surface area contributed by atoms with Crippen LogP contribution in [-0.2, 0) is 6.42 Å². The number of hydrogen-bond acceptors (Lipinski definition) is 4. The quantitative estimate of drug-likeness (QED) is 0.430. The van der Waals surface area contributed by atoms with Crippen molar-refractivity contribution in [2.45, 2.75) is 12.5 Å². The smallest absolute Gasteiger partial charge is 0.256 e. The van der Waals surface area contributed by atoms with Crippen LogP contribution >= 0.6 is 11.6 Å². The first-order valence-electron chi connectivity index (χ1n) is 9.95. The number of amides is 1. The molecule has 2 heterocycles. The number of aromatic nitrogens is 1. The molecule has 0 bridgehead atoms. The highest BCUT2D eigenvalue weighted by Gasteiger charge is 2.35. The minimum Gasteiger partial charge on any atom is -0.733 e. The van der Waals surface area contributed by atoms with Crippen LogP contribution in [0.3, 0.4) is 0 Å². The highest BCUT2D eigenvalue weighted by molar-refractivity contribution is 6.33. The van der Waals surface area contributed by atoms with Crippen molar-refractivity contribution in [3.8, 4) is 0 Å². The van der Waals surface area contributed by atoms with Crippen molar-refractivity contribution in [2.75, 3.05) is 11.8 Å². The van der Waals surface area contributed by atoms with Crippen molar-refractivity contribution in [3.63, 3.8) is 0 Å². The number of anilines is 1. The van der Waals surface area contributed by atoms with Gasteiger partial charge in [0.2, 0.25) is 0 Å². The molecule has 7 heteroatoms. The Kier molecular flexibility index (Phi) is 4.90. The Hall–Kier alpha value is -3.32. The highest BCUT2D eigenvalue weighted by atomic mass is 35.5. The van der Waals surface area contributed by atoms with E-state index in [1.54, 1.807) is 36.4 Å². The van der Waals surface area contributed by atoms with Gasteiger partial charge in [-0.1, -0.05) is 54.1 Å². The van der Waals surface area contributed by atoms with Crippen LogP contribution in [-0.4, -0.2) is 27.5 Å². The fourth-order valence-electron chi connectivity index (χ4n) is 4.38. The molecule has 1 aromatic heterocycles. The third-order valence-corrected chi connectivity index (χ3v) is 6.16. The van der Waals surface area contributed by atoms with E-state index in [-0.39, 0.29) is 22.9 Å². The molecule has 156 valence electrons. The molecule has 1 amide bonds. The van der Waals surface area contributed by atoms with Crippen LogP contribution in [0.4, 0.5) is 5.69 Å². The molecule has 0 saturated carbocycles. The van der Waals surface area contributed by atoms with Gasteiger partial charge in [0.05, 0.1) is 22.3 Å². The lowest BCUT2D eigenvalue weighted by atomic mass is 9.91. The van der Waals surface area contributed by atoms with E-state index in [1.807, 2.05) is 23.1 Å². The van der Waals surface area contributed by atoms with E-state index in [0.717, 1.165) is 28.6 Å². The lowest BCUT2D eigenvalue weighted by Crippen LogP contribution is -2.40. The predicted molar refractivity (Wildman–Crippen MR) is 120 cm³/mol. The number of hydrogen-bond donors (Lipinski definition) is 2. The molecule has 0 spiro atoms. The largest absolute Gasteiger partial charge is 0.733 e. The van der Waals surface area contributed by atoms with Gasteiger partial charge in [0.1, 0.15) is 0 Å². The molecule has 1 aliphatic rings. The number of rotatable bonds is 3. The molecule has 2 N–H and O–H groups in total. The molecule has 0 saturated heterocycles. The van der Waals surface area contributed by atoms with E-state index >= 15 is 0 Å². The number of H-pyrrole nitrogens is 1. The van der Waals surface area contributed by atoms with Crippen LogP contribution < -0.4 is 5.23 Å². The minimum atomic E-state index is -0.382. The van der Waals surface area contributed by atoms with Gasteiger partial charge in [-0.3, -0.25) is 10.0 Å². The van der Waals surface area contributed by atoms with E-state index in [2.05, 4.69) is 11.1 Å². The number of halogens is 1. The molecule has 1 aliphatic heterocycles. The van der Waals surface area contributed by atoms with Crippen LogP contribution in [0.5, 0.6) is 0 Å². The molecule has 3 aromatic carbocycles. The first-order valence-corrected chi connectivity index (χ1v) is 10.3. The fraction of sp³-hybridized carbons (Fsp3) is 0.125. The van der Waals surface area contributed by atoms with Crippen molar-refractivity contribution >= 4 is 34.1 Å². The van der Waals surface area contributed by atoms with Gasteiger partial charge in [-0.25, -0.2) is 0 Å². The lowest BCUT2D eigenvalue weighted by molar-refractivity contribution is 0.0692. The Labute approximate surface area is 183 Å². The van der Waals surface area contributed by atoms with Crippen molar-refractivity contribution in [2.24, 2.45) is 0 Å². The second kappa shape index (κ2) is 7.74. The number of nitrogens with one attached hydrogen (secondary N) is 1. The van der Waals surface area contributed by atoms with Gasteiger partial charge in [0.25, 0.3) is 5.91 Å². The summed E-state index contributed by atoms with van der Waals surface area (Å²) in [5.41, 5.74) is 4.55. The Bertz CT molecular complexity index is 1270. The van der Waals surface area contributed by atoms with E-state index in [4.69, 9.17) is 11.6 Å². The van der Waals surface area contributed by atoms with E-state index in [1.165, 1.54) is 17.7 Å². The molecule has 1 unspecified atom stereocenters. The van der Waals surface area contributed by atoms with Gasteiger partial charge in [-0.05, 0) is 47.9 Å². The summed E-state index contributed by atoms with van der Waals surface area (Å²) >= 11 is 6.33. The normalized spacial score (nSPS) is 15.7. The Morgan fingerprint density at radius 3 is 2.52 bits per heavy atom. The van der Waals surface area contributed by atoms with Crippen LogP contribution in [0, 0.1) is 5.21 Å². The zero-order valence-electron chi connectivity index (χ0n) is 16.5. The molecule has 1 atom stereocenters. The first-order chi connectivity index (χ1) is 15.0. The summed E-state index contributed by atoms with van der Waals surface area (Å²) < 4.78 is 0. The molecule has 0 aliphatic carbocycles. The molecule has 4 aromatic rings. The van der Waals surface area contributed by atoms with Crippen molar-refractivity contribution in [1.82, 2.24) is 9.88 Å². The molecule has 31 heavy (non-hydrogen) atoms. The highest BCUT2D eigenvalue weighted by Crippen LogP contribution is 2.39. The molecular formula is C24H19ClN3O3-. The maximum Gasteiger partial charge on any atom is 0.256 e. The summed E-state index contributed by atoms with van der Waals surface area (Å²) in [6, 6.07) is 21.3. The van der Waals surface area contributed by atoms with Crippen LogP contribution in [0.15, 0.2) is 72.8 Å². The molecule has 0 fully saturated rings. The van der Waals surface area contributed by atoms with Crippen molar-refractivity contribution < 1.29 is 10.0 Å². The van der Waals surface area contributed by atoms with Crippen LogP contribution in [0.25, 0.3) is 10.9 Å². The van der Waals surface area contributed by atoms with Crippen molar-refractivity contribution in [3.05, 3.63) is 105 Å². The van der Waals surface area contributed by atoms with Gasteiger partial charge >= 0.3 is 0 Å². The predicted octanol–water partition coefficient (Wildman–Crippen LogP) is 5.30. The number of fused-ring (bicyclic) bond motifs is 3. The van der Waals surface area contributed by atoms with Gasteiger partial charge in [0, 0.05) is 23.1 Å². The summed E-state index contributed by atoms with van der Waals surface area (Å²) in [5.74, 6) is -0.156. The third kappa shape index (κ3) is 3.35. The first kappa shape index (κ1) is 19.6. The fourth-order valence-corrected chi connectivity index (χ4v) is 4.60. The maximum atomic E-state index is 13.5. The number of carbonyl (C=O) groups excluding carboxylic acids is 1. The van der Waals surface area contributed by atoms with Gasteiger partial charge in [0.15, 0.2) is 0 Å². The topological polar surface area (TPSA) is 82.6 Å². The van der Waals surface area contributed by atoms with Gasteiger partial charge < -0.3 is 20.3 Å². The van der Waals surface area contributed by atoms with Crippen LogP contribution in [0.1, 0.15) is 33.2 Å². The summed E-state index contributed by atoms with van der Waals surface area (Å²) in [7, 11) is 0. The molecule has 6 nitrogen and oxygen atoms in total. The summed E-state index contributed by atoms with van der Waals surface area (Å²) in [5, 5.41) is 21.8. The molecule has 5 rings (SSSR count). The molecular weight excluding hydrogens is 414 g/mol. The summed E-state index contributed by atoms with van der Waals surface area (Å²) in [4.78, 5) is 18.8. The zero-order chi connectivity index (χ0) is 21.5. The van der Waals surface area contributed by atoms with Crippen LogP contribution in [0.2, 0.25) is 5.02 Å². The Morgan fingerprint density at radius 2 is 1.77 bits per heavy atom. The van der Waals surface area contributed by atoms with E-state index in [0.29, 0.717) is 17.1 Å². The second-order valence-corrected chi connectivity index (χ2v) is 7.97. The molecule has 0 radical (unpaired) electrons. The maximum absolute atomic E-state index is 13.5. The Morgan fingerprint density at radius 1 is 1.06 bits per heavy atom. The average molecular weight is 433 g/mol. The average Bonchev–Trinajstić information content (AvgIpc) is 3.17. The third-order valence-electron chi connectivity index (χ3n) is 5.83. The number of para-hydroxylation sites is 1. The standard InChI is InChI=1S/C24H19ClN3O3/c25-20-7-3-1-6-19(20)24(29)27-14-13-18-17-5-2-4-8-21(17)26-22(18)23(27)15-9-11-16(12-10-15)28(30)31/h1-12,23,26,30H,13-14H2/q-1. The SMILES string of the molecule is O=C(c1ccccc1Cl)N1CCc2c([nH]c3ccccc23)C1c1ccc(N([O-])O)cc1. The van der Waals surface area contributed by atoms with E-state index in [9.17, 15) is 15.2 Å². The Balaban J connectivity index is 1.65. The minimum absolute atomic E-state index is 0.125. The van der Waals surface area contributed by atoms with Gasteiger partial charge in [-0.2, -0.15) is 0 Å². The number of aromatic amines is 1. The number of nitrogens with zero attached hydrogens (tertiary/aromatic N) is 2. The summed E-state index contributed by atoms with van der Waals surface area (Å²) in [6.07, 6.45) is 0.717. The second-order valence-electron chi connectivity index (χ2n) is 7.56. The number of benzene rings is 3. The monoisotopic (exact) mass is 432 g/mol. The van der Waals surface area contributed by atoms with Crippen molar-refractivity contribution in [1.29, 1.82) is 0 Å². The zero-order valence-corrected chi connectivity index (χ0v) is 17.2. The lowest BCUT2D eigenvalue weighted by Gasteiger charge is -2.36. The van der Waals surface area contributed by atoms with Gasteiger partial charge in [-0.15, -0.1) is 0 Å². The summed E-state index contributed by atoms with van der Waals surface area (Å²) in [6.45, 7) is 0.527.